The number of rotatable bonds is 2. The molecule has 0 N–H and O–H groups in total. The number of allylic oxidation sites excluding steroid dienone is 1. The van der Waals surface area contributed by atoms with E-state index < -0.39 is 0 Å². The van der Waals surface area contributed by atoms with E-state index in [1.807, 2.05) is 0 Å². The summed E-state index contributed by atoms with van der Waals surface area (Å²) in [6.07, 6.45) is 5.40. The van der Waals surface area contributed by atoms with Gasteiger partial charge in [0.25, 0.3) is 0 Å². The van der Waals surface area contributed by atoms with Crippen LogP contribution >= 0.6 is 0 Å². The SMILES string of the molecule is C=C(C)C1CCC23COC(C)(CCC2OC(C)=O)C3C1. The van der Waals surface area contributed by atoms with Crippen LogP contribution < -0.4 is 0 Å². The average molecular weight is 278 g/mol. The molecule has 3 aliphatic rings. The zero-order chi connectivity index (χ0) is 14.5. The van der Waals surface area contributed by atoms with E-state index in [4.69, 9.17) is 9.47 Å². The van der Waals surface area contributed by atoms with Crippen molar-refractivity contribution in [2.24, 2.45) is 17.3 Å². The summed E-state index contributed by atoms with van der Waals surface area (Å²) in [6, 6.07) is 0. The Labute approximate surface area is 121 Å². The quantitative estimate of drug-likeness (QED) is 0.573. The molecule has 3 rings (SSSR count). The largest absolute Gasteiger partial charge is 0.462 e. The predicted molar refractivity (Wildman–Crippen MR) is 77.2 cm³/mol. The Kier molecular flexibility index (Phi) is 3.24. The smallest absolute Gasteiger partial charge is 0.302 e. The van der Waals surface area contributed by atoms with Gasteiger partial charge in [-0.1, -0.05) is 12.2 Å². The van der Waals surface area contributed by atoms with Gasteiger partial charge in [0, 0.05) is 12.3 Å². The topological polar surface area (TPSA) is 35.5 Å². The van der Waals surface area contributed by atoms with Crippen molar-refractivity contribution in [3.8, 4) is 0 Å². The molecule has 0 radical (unpaired) electrons. The summed E-state index contributed by atoms with van der Waals surface area (Å²) in [5.41, 5.74) is 1.33. The first kappa shape index (κ1) is 14.1. The minimum Gasteiger partial charge on any atom is -0.462 e. The van der Waals surface area contributed by atoms with Crippen LogP contribution in [0.2, 0.25) is 0 Å². The van der Waals surface area contributed by atoms with E-state index in [0.29, 0.717) is 11.8 Å². The fraction of sp³-hybridized carbons (Fsp3) is 0.824. The van der Waals surface area contributed by atoms with E-state index in [0.717, 1.165) is 38.7 Å². The lowest BCUT2D eigenvalue weighted by molar-refractivity contribution is -0.164. The number of hydrogen-bond acceptors (Lipinski definition) is 3. The van der Waals surface area contributed by atoms with Crippen LogP contribution in [0.5, 0.6) is 0 Å². The van der Waals surface area contributed by atoms with E-state index in [1.54, 1.807) is 0 Å². The zero-order valence-electron chi connectivity index (χ0n) is 12.9. The minimum absolute atomic E-state index is 0.0230. The van der Waals surface area contributed by atoms with Crippen molar-refractivity contribution in [3.63, 3.8) is 0 Å². The summed E-state index contributed by atoms with van der Waals surface area (Å²) in [7, 11) is 0. The Bertz CT molecular complexity index is 444. The van der Waals surface area contributed by atoms with Crippen LogP contribution in [0.25, 0.3) is 0 Å². The van der Waals surface area contributed by atoms with E-state index in [-0.39, 0.29) is 23.1 Å². The van der Waals surface area contributed by atoms with E-state index in [2.05, 4.69) is 20.4 Å². The summed E-state index contributed by atoms with van der Waals surface area (Å²) in [5, 5.41) is 0. The standard InChI is InChI=1S/C17H26O3/c1-11(2)13-5-8-17-10-19-16(4,14(17)9-13)7-6-15(17)20-12(3)18/h13-15H,1,5-10H2,2-4H3. The van der Waals surface area contributed by atoms with Gasteiger partial charge in [0.05, 0.1) is 12.2 Å². The molecule has 5 unspecified atom stereocenters. The Hall–Kier alpha value is -0.830. The van der Waals surface area contributed by atoms with Gasteiger partial charge in [-0.2, -0.15) is 0 Å². The van der Waals surface area contributed by atoms with Crippen molar-refractivity contribution in [2.45, 2.75) is 64.6 Å². The first-order valence-electron chi connectivity index (χ1n) is 7.84. The number of esters is 1. The lowest BCUT2D eigenvalue weighted by Crippen LogP contribution is -2.54. The van der Waals surface area contributed by atoms with Gasteiger partial charge in [0.2, 0.25) is 0 Å². The van der Waals surface area contributed by atoms with Crippen LogP contribution in [0.15, 0.2) is 12.2 Å². The summed E-state index contributed by atoms with van der Waals surface area (Å²) >= 11 is 0. The average Bonchev–Trinajstić information content (AvgIpc) is 2.61. The zero-order valence-corrected chi connectivity index (χ0v) is 12.9. The lowest BCUT2D eigenvalue weighted by atomic mass is 9.53. The molecular weight excluding hydrogens is 252 g/mol. The normalized spacial score (nSPS) is 46.6. The highest BCUT2D eigenvalue weighted by Crippen LogP contribution is 2.62. The Morgan fingerprint density at radius 2 is 2.05 bits per heavy atom. The minimum atomic E-state index is -0.152. The highest BCUT2D eigenvalue weighted by molar-refractivity contribution is 5.66. The molecule has 2 saturated carbocycles. The summed E-state index contributed by atoms with van der Waals surface area (Å²) in [4.78, 5) is 11.4. The van der Waals surface area contributed by atoms with E-state index >= 15 is 0 Å². The molecule has 5 atom stereocenters. The number of ether oxygens (including phenoxy) is 2. The van der Waals surface area contributed by atoms with Crippen molar-refractivity contribution < 1.29 is 14.3 Å². The van der Waals surface area contributed by atoms with Crippen LogP contribution in [0.1, 0.15) is 52.9 Å². The van der Waals surface area contributed by atoms with Crippen LogP contribution in [0, 0.1) is 17.3 Å². The molecule has 112 valence electrons. The first-order valence-corrected chi connectivity index (χ1v) is 7.84. The second-order valence-corrected chi connectivity index (χ2v) is 7.34. The monoisotopic (exact) mass is 278 g/mol. The third-order valence-corrected chi connectivity index (χ3v) is 6.13. The molecule has 0 aromatic carbocycles. The van der Waals surface area contributed by atoms with Gasteiger partial charge < -0.3 is 9.47 Å². The molecular formula is C17H26O3. The predicted octanol–water partition coefficient (Wildman–Crippen LogP) is 3.48. The van der Waals surface area contributed by atoms with Gasteiger partial charge in [-0.3, -0.25) is 4.79 Å². The molecule has 0 aromatic rings. The van der Waals surface area contributed by atoms with Crippen molar-refractivity contribution in [2.75, 3.05) is 6.61 Å². The molecule has 3 heteroatoms. The van der Waals surface area contributed by atoms with E-state index in [1.165, 1.54) is 12.5 Å². The van der Waals surface area contributed by atoms with E-state index in [9.17, 15) is 4.79 Å². The highest BCUT2D eigenvalue weighted by atomic mass is 16.6. The molecule has 2 aliphatic carbocycles. The second kappa shape index (κ2) is 4.59. The molecule has 1 aliphatic heterocycles. The van der Waals surface area contributed by atoms with Crippen molar-refractivity contribution in [1.29, 1.82) is 0 Å². The Morgan fingerprint density at radius 1 is 1.30 bits per heavy atom. The maximum atomic E-state index is 11.4. The van der Waals surface area contributed by atoms with Gasteiger partial charge in [-0.15, -0.1) is 0 Å². The van der Waals surface area contributed by atoms with Crippen LogP contribution in [0.3, 0.4) is 0 Å². The molecule has 3 nitrogen and oxygen atoms in total. The maximum absolute atomic E-state index is 11.4. The van der Waals surface area contributed by atoms with Crippen LogP contribution in [0.4, 0.5) is 0 Å². The van der Waals surface area contributed by atoms with Crippen LogP contribution in [-0.4, -0.2) is 24.3 Å². The van der Waals surface area contributed by atoms with Gasteiger partial charge >= 0.3 is 5.97 Å². The first-order chi connectivity index (χ1) is 9.37. The molecule has 3 fully saturated rings. The van der Waals surface area contributed by atoms with Crippen LogP contribution in [-0.2, 0) is 14.3 Å². The highest BCUT2D eigenvalue weighted by Gasteiger charge is 2.64. The van der Waals surface area contributed by atoms with Crippen molar-refractivity contribution in [3.05, 3.63) is 12.2 Å². The number of carbonyl (C=O) groups excluding carboxylic acids is 1. The summed E-state index contributed by atoms with van der Waals surface area (Å²) in [5.74, 6) is 0.953. The molecule has 20 heavy (non-hydrogen) atoms. The van der Waals surface area contributed by atoms with Gasteiger partial charge in [0.15, 0.2) is 0 Å². The fourth-order valence-electron chi connectivity index (χ4n) is 4.94. The Balaban J connectivity index is 1.90. The molecule has 2 bridgehead atoms. The third-order valence-electron chi connectivity index (χ3n) is 6.13. The number of carbonyl (C=O) groups is 1. The Morgan fingerprint density at radius 3 is 2.70 bits per heavy atom. The molecule has 0 spiro atoms. The van der Waals surface area contributed by atoms with Gasteiger partial charge in [-0.25, -0.2) is 0 Å². The fourth-order valence-corrected chi connectivity index (χ4v) is 4.94. The maximum Gasteiger partial charge on any atom is 0.302 e. The molecule has 0 aromatic heterocycles. The second-order valence-electron chi connectivity index (χ2n) is 7.34. The molecule has 1 saturated heterocycles. The van der Waals surface area contributed by atoms with Crippen molar-refractivity contribution >= 4 is 5.97 Å². The number of hydrogen-bond donors (Lipinski definition) is 0. The summed E-state index contributed by atoms with van der Waals surface area (Å²) < 4.78 is 11.9. The van der Waals surface area contributed by atoms with Gasteiger partial charge in [0.1, 0.15) is 6.10 Å². The summed E-state index contributed by atoms with van der Waals surface area (Å²) in [6.45, 7) is 10.8. The van der Waals surface area contributed by atoms with Gasteiger partial charge in [-0.05, 0) is 57.8 Å². The van der Waals surface area contributed by atoms with Crippen molar-refractivity contribution in [1.82, 2.24) is 0 Å². The molecule has 1 heterocycles. The molecule has 0 amide bonds. The lowest BCUT2D eigenvalue weighted by Gasteiger charge is -2.52. The third kappa shape index (κ3) is 1.93.